The van der Waals surface area contributed by atoms with Crippen LogP contribution in [0.3, 0.4) is 0 Å². The molecule has 1 aliphatic rings. The largest absolute Gasteiger partial charge is 0.406 e. The first-order valence-corrected chi connectivity index (χ1v) is 8.40. The summed E-state index contributed by atoms with van der Waals surface area (Å²) in [5.74, 6) is -0.634. The monoisotopic (exact) mass is 353 g/mol. The SMILES string of the molecule is CC1(N(CC(F)(F)F)C(=O)c2cc3ccccc3[nH]2)CCC[C@@H](N)C1. The summed E-state index contributed by atoms with van der Waals surface area (Å²) in [4.78, 5) is 16.9. The zero-order valence-electron chi connectivity index (χ0n) is 14.1. The molecule has 7 heteroatoms. The minimum Gasteiger partial charge on any atom is -0.351 e. The summed E-state index contributed by atoms with van der Waals surface area (Å²) in [6.45, 7) is 0.433. The lowest BCUT2D eigenvalue weighted by Gasteiger charge is -2.45. The highest BCUT2D eigenvalue weighted by atomic mass is 19.4. The number of nitrogens with two attached hydrogens (primary N) is 1. The Labute approximate surface area is 144 Å². The molecule has 2 aromatic rings. The number of benzene rings is 1. The van der Waals surface area contributed by atoms with E-state index in [1.807, 2.05) is 18.2 Å². The third-order valence-corrected chi connectivity index (χ3v) is 4.99. The molecule has 1 fully saturated rings. The van der Waals surface area contributed by atoms with Crippen LogP contribution in [0.25, 0.3) is 10.9 Å². The molecule has 1 aromatic carbocycles. The molecule has 0 bridgehead atoms. The predicted molar refractivity (Wildman–Crippen MR) is 90.2 cm³/mol. The van der Waals surface area contributed by atoms with Crippen molar-refractivity contribution in [3.63, 3.8) is 0 Å². The van der Waals surface area contributed by atoms with Crippen molar-refractivity contribution < 1.29 is 18.0 Å². The summed E-state index contributed by atoms with van der Waals surface area (Å²) in [6.07, 6.45) is -2.09. The van der Waals surface area contributed by atoms with Crippen LogP contribution in [0.15, 0.2) is 30.3 Å². The topological polar surface area (TPSA) is 62.1 Å². The Morgan fingerprint density at radius 2 is 2.12 bits per heavy atom. The maximum absolute atomic E-state index is 13.2. The first-order chi connectivity index (χ1) is 11.7. The van der Waals surface area contributed by atoms with Gasteiger partial charge in [0.2, 0.25) is 0 Å². The van der Waals surface area contributed by atoms with E-state index in [9.17, 15) is 18.0 Å². The molecule has 2 atom stereocenters. The van der Waals surface area contributed by atoms with Crippen LogP contribution in [0.1, 0.15) is 43.1 Å². The standard InChI is InChI=1S/C18H22F3N3O/c1-17(8-4-6-13(22)10-17)24(11-18(19,20)21)16(25)15-9-12-5-2-3-7-14(12)23-15/h2-3,5,7,9,13,23H,4,6,8,10-11,22H2,1H3/t13-,17?/m1/s1. The van der Waals surface area contributed by atoms with E-state index in [2.05, 4.69) is 4.98 Å². The van der Waals surface area contributed by atoms with E-state index in [-0.39, 0.29) is 11.7 Å². The molecule has 0 saturated heterocycles. The zero-order valence-corrected chi connectivity index (χ0v) is 14.1. The second-order valence-corrected chi connectivity index (χ2v) is 7.13. The van der Waals surface area contributed by atoms with Gasteiger partial charge in [0.1, 0.15) is 12.2 Å². The van der Waals surface area contributed by atoms with Crippen LogP contribution in [-0.2, 0) is 0 Å². The number of aromatic nitrogens is 1. The summed E-state index contributed by atoms with van der Waals surface area (Å²) < 4.78 is 39.5. The van der Waals surface area contributed by atoms with Gasteiger partial charge in [0, 0.05) is 22.5 Å². The summed E-state index contributed by atoms with van der Waals surface area (Å²) in [6, 6.07) is 8.65. The molecule has 1 aliphatic carbocycles. The average molecular weight is 353 g/mol. The summed E-state index contributed by atoms with van der Waals surface area (Å²) >= 11 is 0. The van der Waals surface area contributed by atoms with Crippen LogP contribution in [0.4, 0.5) is 13.2 Å². The molecule has 1 heterocycles. The Hall–Kier alpha value is -2.02. The van der Waals surface area contributed by atoms with Crippen LogP contribution < -0.4 is 5.73 Å². The minimum absolute atomic E-state index is 0.172. The number of nitrogens with one attached hydrogen (secondary N) is 1. The number of rotatable bonds is 3. The van der Waals surface area contributed by atoms with E-state index in [1.165, 1.54) is 0 Å². The smallest absolute Gasteiger partial charge is 0.351 e. The maximum Gasteiger partial charge on any atom is 0.406 e. The molecule has 3 rings (SSSR count). The molecule has 0 spiro atoms. The Morgan fingerprint density at radius 1 is 1.40 bits per heavy atom. The average Bonchev–Trinajstić information content (AvgIpc) is 2.95. The van der Waals surface area contributed by atoms with Gasteiger partial charge in [0.15, 0.2) is 0 Å². The third-order valence-electron chi connectivity index (χ3n) is 4.99. The number of aromatic amines is 1. The molecule has 1 saturated carbocycles. The molecule has 0 radical (unpaired) electrons. The third kappa shape index (κ3) is 3.81. The molecule has 136 valence electrons. The van der Waals surface area contributed by atoms with E-state index in [0.717, 1.165) is 22.2 Å². The van der Waals surface area contributed by atoms with E-state index < -0.39 is 24.2 Å². The second-order valence-electron chi connectivity index (χ2n) is 7.13. The van der Waals surface area contributed by atoms with Gasteiger partial charge in [0.25, 0.3) is 5.91 Å². The van der Waals surface area contributed by atoms with Crippen molar-refractivity contribution in [2.24, 2.45) is 5.73 Å². The molecule has 1 aromatic heterocycles. The molecule has 25 heavy (non-hydrogen) atoms. The van der Waals surface area contributed by atoms with Gasteiger partial charge in [-0.3, -0.25) is 4.79 Å². The highest BCUT2D eigenvalue weighted by Gasteiger charge is 2.44. The second kappa shape index (κ2) is 6.37. The number of carbonyl (C=O) groups excluding carboxylic acids is 1. The number of hydrogen-bond acceptors (Lipinski definition) is 2. The molecular formula is C18H22F3N3O. The van der Waals surface area contributed by atoms with Gasteiger partial charge in [-0.2, -0.15) is 13.2 Å². The summed E-state index contributed by atoms with van der Waals surface area (Å²) in [5, 5.41) is 0.795. The first-order valence-electron chi connectivity index (χ1n) is 8.40. The molecule has 1 amide bonds. The van der Waals surface area contributed by atoms with E-state index >= 15 is 0 Å². The quantitative estimate of drug-likeness (QED) is 0.881. The fraction of sp³-hybridized carbons (Fsp3) is 0.500. The van der Waals surface area contributed by atoms with Crippen molar-refractivity contribution in [1.29, 1.82) is 0 Å². The summed E-state index contributed by atoms with van der Waals surface area (Å²) in [7, 11) is 0. The highest BCUT2D eigenvalue weighted by Crippen LogP contribution is 2.36. The van der Waals surface area contributed by atoms with Gasteiger partial charge in [-0.15, -0.1) is 0 Å². The van der Waals surface area contributed by atoms with E-state index in [4.69, 9.17) is 5.73 Å². The minimum atomic E-state index is -4.47. The van der Waals surface area contributed by atoms with Crippen molar-refractivity contribution in [2.75, 3.05) is 6.54 Å². The zero-order chi connectivity index (χ0) is 18.2. The van der Waals surface area contributed by atoms with Gasteiger partial charge in [-0.1, -0.05) is 18.2 Å². The van der Waals surface area contributed by atoms with Crippen molar-refractivity contribution in [2.45, 2.75) is 50.4 Å². The van der Waals surface area contributed by atoms with Gasteiger partial charge in [0.05, 0.1) is 0 Å². The van der Waals surface area contributed by atoms with Crippen molar-refractivity contribution >= 4 is 16.8 Å². The Morgan fingerprint density at radius 3 is 2.76 bits per heavy atom. The molecule has 3 N–H and O–H groups in total. The Kier molecular flexibility index (Phi) is 4.53. The van der Waals surface area contributed by atoms with Crippen LogP contribution in [0, 0.1) is 0 Å². The molecule has 0 aliphatic heterocycles. The number of fused-ring (bicyclic) bond motifs is 1. The number of H-pyrrole nitrogens is 1. The lowest BCUT2D eigenvalue weighted by Crippen LogP contribution is -2.57. The van der Waals surface area contributed by atoms with Gasteiger partial charge >= 0.3 is 6.18 Å². The van der Waals surface area contributed by atoms with Crippen LogP contribution in [0.5, 0.6) is 0 Å². The van der Waals surface area contributed by atoms with Gasteiger partial charge in [-0.25, -0.2) is 0 Å². The maximum atomic E-state index is 13.2. The van der Waals surface area contributed by atoms with Crippen LogP contribution >= 0.6 is 0 Å². The lowest BCUT2D eigenvalue weighted by atomic mass is 9.79. The Bertz CT molecular complexity index is 737. The molecular weight excluding hydrogens is 331 g/mol. The van der Waals surface area contributed by atoms with Crippen LogP contribution in [0.2, 0.25) is 0 Å². The summed E-state index contributed by atoms with van der Waals surface area (Å²) in [5.41, 5.74) is 5.98. The molecule has 1 unspecified atom stereocenters. The first kappa shape index (κ1) is 17.8. The fourth-order valence-corrected chi connectivity index (χ4v) is 3.78. The number of para-hydroxylation sites is 1. The number of alkyl halides is 3. The number of nitrogens with zero attached hydrogens (tertiary/aromatic N) is 1. The normalized spacial score (nSPS) is 24.4. The van der Waals surface area contributed by atoms with Crippen molar-refractivity contribution in [3.05, 3.63) is 36.0 Å². The van der Waals surface area contributed by atoms with Crippen molar-refractivity contribution in [1.82, 2.24) is 9.88 Å². The van der Waals surface area contributed by atoms with Crippen molar-refractivity contribution in [3.8, 4) is 0 Å². The van der Waals surface area contributed by atoms with E-state index in [0.29, 0.717) is 19.3 Å². The number of carbonyl (C=O) groups is 1. The predicted octanol–water partition coefficient (Wildman–Crippen LogP) is 3.83. The molecule has 4 nitrogen and oxygen atoms in total. The van der Waals surface area contributed by atoms with Crippen LogP contribution in [-0.4, -0.2) is 40.1 Å². The highest BCUT2D eigenvalue weighted by molar-refractivity contribution is 5.98. The number of amides is 1. The number of hydrogen-bond donors (Lipinski definition) is 2. The van der Waals surface area contributed by atoms with Gasteiger partial charge in [-0.05, 0) is 44.7 Å². The Balaban J connectivity index is 1.96. The number of halogens is 3. The lowest BCUT2D eigenvalue weighted by molar-refractivity contribution is -0.153. The van der Waals surface area contributed by atoms with E-state index in [1.54, 1.807) is 19.1 Å². The van der Waals surface area contributed by atoms with Gasteiger partial charge < -0.3 is 15.6 Å². The fourth-order valence-electron chi connectivity index (χ4n) is 3.78.